The van der Waals surface area contributed by atoms with E-state index in [2.05, 4.69) is 6.07 Å². The van der Waals surface area contributed by atoms with E-state index in [0.717, 1.165) is 47.6 Å². The van der Waals surface area contributed by atoms with Gasteiger partial charge in [-0.15, -0.1) is 11.3 Å². The van der Waals surface area contributed by atoms with Crippen LogP contribution < -0.4 is 11.1 Å². The number of nitriles is 2. The molecule has 0 spiro atoms. The highest BCUT2D eigenvalue weighted by Crippen LogP contribution is 2.38. The van der Waals surface area contributed by atoms with Gasteiger partial charge in [-0.3, -0.25) is 10.1 Å². The first-order chi connectivity index (χ1) is 13.4. The minimum absolute atomic E-state index is 0.218. The molecule has 2 heterocycles. The number of primary amides is 1. The van der Waals surface area contributed by atoms with E-state index in [-0.39, 0.29) is 5.57 Å². The zero-order valence-electron chi connectivity index (χ0n) is 15.6. The first-order valence-corrected chi connectivity index (χ1v) is 9.65. The number of nitrogens with zero attached hydrogens (tertiary/aromatic N) is 3. The summed E-state index contributed by atoms with van der Waals surface area (Å²) in [6, 6.07) is 5.00. The van der Waals surface area contributed by atoms with Crippen LogP contribution in [0.15, 0.2) is 11.6 Å². The average Bonchev–Trinajstić information content (AvgIpc) is 3.14. The van der Waals surface area contributed by atoms with Gasteiger partial charge in [0.2, 0.25) is 0 Å². The molecule has 0 bridgehead atoms. The summed E-state index contributed by atoms with van der Waals surface area (Å²) < 4.78 is 1.99. The molecular formula is C20H19N5O2S. The Labute approximate surface area is 166 Å². The van der Waals surface area contributed by atoms with Gasteiger partial charge in [0, 0.05) is 16.3 Å². The molecule has 0 atom stereocenters. The molecule has 0 aliphatic heterocycles. The first kappa shape index (κ1) is 19.4. The number of rotatable bonds is 3. The van der Waals surface area contributed by atoms with Gasteiger partial charge in [0.15, 0.2) is 0 Å². The van der Waals surface area contributed by atoms with Crippen LogP contribution in [-0.4, -0.2) is 16.5 Å². The molecule has 3 N–H and O–H groups in total. The number of carbonyl (C=O) groups excluding carboxylic acids is 2. The normalized spacial score (nSPS) is 13.4. The molecule has 1 aliphatic carbocycles. The Hall–Kier alpha value is -3.36. The van der Waals surface area contributed by atoms with Crippen LogP contribution in [0.3, 0.4) is 0 Å². The number of thiophene rings is 1. The van der Waals surface area contributed by atoms with Crippen molar-refractivity contribution in [3.05, 3.63) is 44.6 Å². The highest BCUT2D eigenvalue weighted by atomic mass is 32.1. The maximum absolute atomic E-state index is 11.9. The second-order valence-electron chi connectivity index (χ2n) is 6.65. The van der Waals surface area contributed by atoms with Crippen molar-refractivity contribution in [1.82, 2.24) is 9.88 Å². The molecule has 2 aromatic rings. The van der Waals surface area contributed by atoms with Gasteiger partial charge >= 0.3 is 6.03 Å². The predicted octanol–water partition coefficient (Wildman–Crippen LogP) is 3.01. The Morgan fingerprint density at radius 3 is 2.64 bits per heavy atom. The third-order valence-corrected chi connectivity index (χ3v) is 6.12. The zero-order valence-corrected chi connectivity index (χ0v) is 16.4. The fraction of sp³-hybridized carbons (Fsp3) is 0.300. The van der Waals surface area contributed by atoms with Crippen molar-refractivity contribution in [3.63, 3.8) is 0 Å². The number of hydrogen-bond donors (Lipinski definition) is 2. The summed E-state index contributed by atoms with van der Waals surface area (Å²) in [5.41, 5.74) is 8.97. The van der Waals surface area contributed by atoms with Crippen LogP contribution in [0.25, 0.3) is 11.1 Å². The molecule has 0 fully saturated rings. The van der Waals surface area contributed by atoms with Crippen LogP contribution >= 0.6 is 11.3 Å². The van der Waals surface area contributed by atoms with Gasteiger partial charge in [-0.25, -0.2) is 4.79 Å². The summed E-state index contributed by atoms with van der Waals surface area (Å²) in [5.74, 6) is -0.843. The Bertz CT molecular complexity index is 1090. The van der Waals surface area contributed by atoms with Gasteiger partial charge < -0.3 is 10.3 Å². The number of aromatic nitrogens is 1. The monoisotopic (exact) mass is 393 g/mol. The van der Waals surface area contributed by atoms with Gasteiger partial charge in [0.25, 0.3) is 5.91 Å². The minimum Gasteiger partial charge on any atom is -0.351 e. The van der Waals surface area contributed by atoms with E-state index in [1.807, 2.05) is 29.8 Å². The van der Waals surface area contributed by atoms with Crippen LogP contribution in [0.5, 0.6) is 0 Å². The molecule has 7 nitrogen and oxygen atoms in total. The highest BCUT2D eigenvalue weighted by molar-refractivity contribution is 7.15. The summed E-state index contributed by atoms with van der Waals surface area (Å²) in [4.78, 5) is 24.1. The Morgan fingerprint density at radius 2 is 2.00 bits per heavy atom. The number of carbonyl (C=O) groups is 2. The molecule has 0 saturated carbocycles. The molecule has 0 unspecified atom stereocenters. The fourth-order valence-corrected chi connectivity index (χ4v) is 5.00. The van der Waals surface area contributed by atoms with Crippen LogP contribution in [0.1, 0.15) is 45.8 Å². The lowest BCUT2D eigenvalue weighted by Crippen LogP contribution is -2.35. The topological polar surface area (TPSA) is 125 Å². The maximum Gasteiger partial charge on any atom is 0.319 e. The Morgan fingerprint density at radius 1 is 1.29 bits per heavy atom. The predicted molar refractivity (Wildman–Crippen MR) is 106 cm³/mol. The molecule has 0 radical (unpaired) electrons. The Kier molecular flexibility index (Phi) is 5.34. The summed E-state index contributed by atoms with van der Waals surface area (Å²) in [6.07, 6.45) is 5.57. The Balaban J connectivity index is 2.09. The molecule has 8 heteroatoms. The van der Waals surface area contributed by atoms with E-state index >= 15 is 0 Å². The largest absolute Gasteiger partial charge is 0.351 e. The average molecular weight is 393 g/mol. The van der Waals surface area contributed by atoms with Crippen LogP contribution in [0, 0.1) is 36.5 Å². The number of urea groups is 1. The SMILES string of the molecule is Cc1cc(/C=C(/C#N)C(=O)NC(N)=O)c(C)n1-c1sc2c(c1C#N)CCCC2. The molecule has 2 aromatic heterocycles. The quantitative estimate of drug-likeness (QED) is 0.614. The lowest BCUT2D eigenvalue weighted by atomic mass is 9.96. The smallest absolute Gasteiger partial charge is 0.319 e. The fourth-order valence-electron chi connectivity index (χ4n) is 3.55. The zero-order chi connectivity index (χ0) is 20.4. The van der Waals surface area contributed by atoms with Crippen LogP contribution in [0.2, 0.25) is 0 Å². The van der Waals surface area contributed by atoms with Crippen molar-refractivity contribution in [2.24, 2.45) is 5.73 Å². The summed E-state index contributed by atoms with van der Waals surface area (Å²) in [5, 5.41) is 21.8. The molecule has 28 heavy (non-hydrogen) atoms. The number of hydrogen-bond acceptors (Lipinski definition) is 5. The lowest BCUT2D eigenvalue weighted by Gasteiger charge is -2.10. The summed E-state index contributed by atoms with van der Waals surface area (Å²) in [6.45, 7) is 3.79. The van der Waals surface area contributed by atoms with Crippen LogP contribution in [-0.2, 0) is 17.6 Å². The maximum atomic E-state index is 11.9. The van der Waals surface area contributed by atoms with Gasteiger partial charge in [-0.2, -0.15) is 10.5 Å². The number of nitrogens with one attached hydrogen (secondary N) is 1. The van der Waals surface area contributed by atoms with Crippen molar-refractivity contribution >= 4 is 29.4 Å². The third-order valence-electron chi connectivity index (χ3n) is 4.84. The van der Waals surface area contributed by atoms with E-state index in [1.54, 1.807) is 17.4 Å². The van der Waals surface area contributed by atoms with E-state index in [9.17, 15) is 20.1 Å². The van der Waals surface area contributed by atoms with Gasteiger partial charge in [-0.05, 0) is 62.8 Å². The number of nitrogens with two attached hydrogens (primary N) is 1. The second-order valence-corrected chi connectivity index (χ2v) is 7.74. The van der Waals surface area contributed by atoms with Crippen molar-refractivity contribution in [2.45, 2.75) is 39.5 Å². The van der Waals surface area contributed by atoms with E-state index in [4.69, 9.17) is 5.73 Å². The number of aryl methyl sites for hydroxylation is 2. The standard InChI is InChI=1S/C20H19N5O2S/c1-11-7-13(8-14(9-21)18(26)24-20(23)27)12(2)25(11)19-16(10-22)15-5-3-4-6-17(15)28-19/h7-8H,3-6H2,1-2H3,(H3,23,24,26,27)/b14-8-. The third kappa shape index (κ3) is 3.42. The molecule has 3 amide bonds. The van der Waals surface area contributed by atoms with E-state index < -0.39 is 11.9 Å². The van der Waals surface area contributed by atoms with Crippen molar-refractivity contribution in [2.75, 3.05) is 0 Å². The number of amides is 3. The molecule has 0 saturated heterocycles. The molecule has 142 valence electrons. The lowest BCUT2D eigenvalue weighted by molar-refractivity contribution is -0.115. The van der Waals surface area contributed by atoms with Crippen molar-refractivity contribution in [3.8, 4) is 17.1 Å². The highest BCUT2D eigenvalue weighted by Gasteiger charge is 2.24. The van der Waals surface area contributed by atoms with Crippen molar-refractivity contribution in [1.29, 1.82) is 10.5 Å². The van der Waals surface area contributed by atoms with Gasteiger partial charge in [0.1, 0.15) is 22.7 Å². The molecule has 0 aromatic carbocycles. The van der Waals surface area contributed by atoms with E-state index in [0.29, 0.717) is 11.1 Å². The molecular weight excluding hydrogens is 374 g/mol. The second kappa shape index (κ2) is 7.71. The summed E-state index contributed by atoms with van der Waals surface area (Å²) in [7, 11) is 0. The van der Waals surface area contributed by atoms with E-state index in [1.165, 1.54) is 11.0 Å². The number of fused-ring (bicyclic) bond motifs is 1. The van der Waals surface area contributed by atoms with Crippen LogP contribution in [0.4, 0.5) is 4.79 Å². The number of imide groups is 1. The first-order valence-electron chi connectivity index (χ1n) is 8.84. The molecule has 1 aliphatic rings. The summed E-state index contributed by atoms with van der Waals surface area (Å²) >= 11 is 1.63. The van der Waals surface area contributed by atoms with Crippen molar-refractivity contribution < 1.29 is 9.59 Å². The minimum atomic E-state index is -1.01. The molecule has 3 rings (SSSR count). The van der Waals surface area contributed by atoms with Gasteiger partial charge in [-0.1, -0.05) is 0 Å². The van der Waals surface area contributed by atoms with Gasteiger partial charge in [0.05, 0.1) is 5.56 Å².